The van der Waals surface area contributed by atoms with Gasteiger partial charge in [-0.05, 0) is 55.5 Å². The highest BCUT2D eigenvalue weighted by Gasteiger charge is 2.06. The third kappa shape index (κ3) is 7.15. The molecule has 0 saturated heterocycles. The fourth-order valence-corrected chi connectivity index (χ4v) is 2.02. The van der Waals surface area contributed by atoms with Crippen LogP contribution in [0.3, 0.4) is 0 Å². The van der Waals surface area contributed by atoms with E-state index in [9.17, 15) is 14.0 Å². The molecule has 2 amide bonds. The zero-order valence-corrected chi connectivity index (χ0v) is 15.0. The molecule has 0 fully saturated rings. The van der Waals surface area contributed by atoms with Crippen LogP contribution in [0.1, 0.15) is 13.3 Å². The van der Waals surface area contributed by atoms with Gasteiger partial charge in [0, 0.05) is 11.4 Å². The van der Waals surface area contributed by atoms with Crippen molar-refractivity contribution in [3.05, 3.63) is 54.3 Å². The highest BCUT2D eigenvalue weighted by atomic mass is 19.1. The molecule has 0 bridgehead atoms. The van der Waals surface area contributed by atoms with Crippen molar-refractivity contribution >= 4 is 23.2 Å². The number of rotatable bonds is 8. The summed E-state index contributed by atoms with van der Waals surface area (Å²) < 4.78 is 23.2. The van der Waals surface area contributed by atoms with Crippen LogP contribution in [-0.2, 0) is 9.59 Å². The monoisotopic (exact) mass is 373 g/mol. The first-order valence-corrected chi connectivity index (χ1v) is 8.10. The zero-order chi connectivity index (χ0) is 19.6. The van der Waals surface area contributed by atoms with Crippen LogP contribution >= 0.6 is 0 Å². The molecule has 0 aliphatic heterocycles. The van der Waals surface area contributed by atoms with Gasteiger partial charge < -0.3 is 14.8 Å². The predicted octanol–water partition coefficient (Wildman–Crippen LogP) is 2.73. The van der Waals surface area contributed by atoms with E-state index in [0.717, 1.165) is 0 Å². The molecule has 0 aliphatic carbocycles. The number of carbonyl (C=O) groups is 2. The third-order valence-electron chi connectivity index (χ3n) is 3.35. The fraction of sp³-hybridized carbons (Fsp3) is 0.211. The van der Waals surface area contributed by atoms with Crippen LogP contribution in [0.4, 0.5) is 10.1 Å². The molecule has 0 spiro atoms. The van der Waals surface area contributed by atoms with Crippen molar-refractivity contribution in [3.63, 3.8) is 0 Å². The second-order valence-corrected chi connectivity index (χ2v) is 5.58. The van der Waals surface area contributed by atoms with E-state index in [0.29, 0.717) is 22.9 Å². The maximum atomic E-state index is 12.8. The summed E-state index contributed by atoms with van der Waals surface area (Å²) in [5.41, 5.74) is 3.21. The second-order valence-electron chi connectivity index (χ2n) is 5.58. The number of hydrazone groups is 1. The van der Waals surface area contributed by atoms with E-state index < -0.39 is 5.91 Å². The van der Waals surface area contributed by atoms with E-state index >= 15 is 0 Å². The van der Waals surface area contributed by atoms with Crippen LogP contribution in [0.25, 0.3) is 0 Å². The number of nitrogens with zero attached hydrogens (tertiary/aromatic N) is 1. The standard InChI is InChI=1S/C19H20FN3O4/c1-13(11-18(24)21-15-5-3-14(20)4-6-15)22-23-19(25)12-27-17-9-7-16(26-2)8-10-17/h3-10H,11-12H2,1-2H3,(H,21,24)(H,23,25). The van der Waals surface area contributed by atoms with Crippen molar-refractivity contribution in [2.75, 3.05) is 19.0 Å². The van der Waals surface area contributed by atoms with Crippen molar-refractivity contribution in [1.29, 1.82) is 0 Å². The Morgan fingerprint density at radius 1 is 1.00 bits per heavy atom. The summed E-state index contributed by atoms with van der Waals surface area (Å²) in [6, 6.07) is 12.2. The van der Waals surface area contributed by atoms with Crippen LogP contribution in [0.2, 0.25) is 0 Å². The Balaban J connectivity index is 1.73. The van der Waals surface area contributed by atoms with E-state index in [1.807, 2.05) is 0 Å². The average Bonchev–Trinajstić information content (AvgIpc) is 2.67. The molecule has 0 aromatic heterocycles. The molecule has 142 valence electrons. The summed E-state index contributed by atoms with van der Waals surface area (Å²) in [6.07, 6.45) is -0.0169. The zero-order valence-electron chi connectivity index (χ0n) is 15.0. The molecule has 0 radical (unpaired) electrons. The first-order chi connectivity index (χ1) is 13.0. The number of nitrogens with one attached hydrogen (secondary N) is 2. The van der Waals surface area contributed by atoms with Crippen LogP contribution in [0.15, 0.2) is 53.6 Å². The molecule has 2 rings (SSSR count). The Morgan fingerprint density at radius 3 is 2.26 bits per heavy atom. The lowest BCUT2D eigenvalue weighted by Crippen LogP contribution is -2.26. The minimum Gasteiger partial charge on any atom is -0.497 e. The lowest BCUT2D eigenvalue weighted by atomic mass is 10.2. The number of amides is 2. The van der Waals surface area contributed by atoms with Gasteiger partial charge in [0.05, 0.1) is 13.5 Å². The first-order valence-electron chi connectivity index (χ1n) is 8.10. The van der Waals surface area contributed by atoms with E-state index in [-0.39, 0.29) is 24.8 Å². The number of benzene rings is 2. The number of ether oxygens (including phenoxy) is 2. The van der Waals surface area contributed by atoms with Gasteiger partial charge in [-0.25, -0.2) is 9.82 Å². The maximum Gasteiger partial charge on any atom is 0.277 e. The van der Waals surface area contributed by atoms with Crippen molar-refractivity contribution < 1.29 is 23.5 Å². The van der Waals surface area contributed by atoms with Gasteiger partial charge in [-0.1, -0.05) is 0 Å². The normalized spacial score (nSPS) is 10.9. The molecule has 0 saturated carbocycles. The van der Waals surface area contributed by atoms with Gasteiger partial charge in [0.2, 0.25) is 5.91 Å². The lowest BCUT2D eigenvalue weighted by molar-refractivity contribution is -0.123. The van der Waals surface area contributed by atoms with Gasteiger partial charge in [-0.3, -0.25) is 9.59 Å². The summed E-state index contributed by atoms with van der Waals surface area (Å²) in [4.78, 5) is 23.6. The van der Waals surface area contributed by atoms with E-state index in [4.69, 9.17) is 9.47 Å². The first kappa shape index (κ1) is 19.9. The SMILES string of the molecule is COc1ccc(OCC(=O)NN=C(C)CC(=O)Nc2ccc(F)cc2)cc1. The van der Waals surface area contributed by atoms with Crippen molar-refractivity contribution in [2.45, 2.75) is 13.3 Å². The number of hydrogen-bond donors (Lipinski definition) is 2. The summed E-state index contributed by atoms with van der Waals surface area (Å²) >= 11 is 0. The number of hydrogen-bond acceptors (Lipinski definition) is 5. The molecule has 2 aromatic rings. The highest BCUT2D eigenvalue weighted by molar-refractivity contribution is 6.05. The van der Waals surface area contributed by atoms with Gasteiger partial charge in [-0.2, -0.15) is 5.10 Å². The largest absolute Gasteiger partial charge is 0.497 e. The molecular formula is C19H20FN3O4. The molecule has 0 unspecified atom stereocenters. The number of methoxy groups -OCH3 is 1. The molecular weight excluding hydrogens is 353 g/mol. The maximum absolute atomic E-state index is 12.8. The van der Waals surface area contributed by atoms with Crippen molar-refractivity contribution in [1.82, 2.24) is 5.43 Å². The molecule has 0 atom stereocenters. The Labute approximate surface area is 156 Å². The Morgan fingerprint density at radius 2 is 1.63 bits per heavy atom. The van der Waals surface area contributed by atoms with Crippen LogP contribution < -0.4 is 20.2 Å². The summed E-state index contributed by atoms with van der Waals surface area (Å²) in [5.74, 6) is 0.0391. The highest BCUT2D eigenvalue weighted by Crippen LogP contribution is 2.16. The molecule has 8 heteroatoms. The lowest BCUT2D eigenvalue weighted by Gasteiger charge is -2.07. The molecule has 0 aliphatic rings. The Bertz CT molecular complexity index is 805. The minimum absolute atomic E-state index is 0.0169. The molecule has 0 heterocycles. The summed E-state index contributed by atoms with van der Waals surface area (Å²) in [7, 11) is 1.56. The van der Waals surface area contributed by atoms with Crippen LogP contribution in [0.5, 0.6) is 11.5 Å². The van der Waals surface area contributed by atoms with Gasteiger partial charge in [-0.15, -0.1) is 0 Å². The second kappa shape index (κ2) is 9.91. The minimum atomic E-state index is -0.455. The molecule has 7 nitrogen and oxygen atoms in total. The fourth-order valence-electron chi connectivity index (χ4n) is 2.02. The van der Waals surface area contributed by atoms with Gasteiger partial charge in [0.1, 0.15) is 17.3 Å². The van der Waals surface area contributed by atoms with E-state index in [1.54, 1.807) is 38.3 Å². The van der Waals surface area contributed by atoms with E-state index in [1.165, 1.54) is 24.3 Å². The Hall–Kier alpha value is -3.42. The van der Waals surface area contributed by atoms with Gasteiger partial charge in [0.15, 0.2) is 6.61 Å². The average molecular weight is 373 g/mol. The quantitative estimate of drug-likeness (QED) is 0.550. The van der Waals surface area contributed by atoms with Gasteiger partial charge >= 0.3 is 0 Å². The smallest absolute Gasteiger partial charge is 0.277 e. The van der Waals surface area contributed by atoms with Crippen molar-refractivity contribution in [2.24, 2.45) is 5.10 Å². The number of carbonyl (C=O) groups excluding carboxylic acids is 2. The topological polar surface area (TPSA) is 89.0 Å². The predicted molar refractivity (Wildman–Crippen MR) is 99.4 cm³/mol. The van der Waals surface area contributed by atoms with Crippen LogP contribution in [-0.4, -0.2) is 31.2 Å². The molecule has 2 N–H and O–H groups in total. The number of anilines is 1. The van der Waals surface area contributed by atoms with Crippen LogP contribution in [0, 0.1) is 5.82 Å². The Kier molecular flexibility index (Phi) is 7.30. The van der Waals surface area contributed by atoms with Gasteiger partial charge in [0.25, 0.3) is 5.91 Å². The summed E-state index contributed by atoms with van der Waals surface area (Å²) in [5, 5.41) is 6.47. The molecule has 27 heavy (non-hydrogen) atoms. The number of halogens is 1. The third-order valence-corrected chi connectivity index (χ3v) is 3.35. The molecule has 2 aromatic carbocycles. The van der Waals surface area contributed by atoms with Crippen molar-refractivity contribution in [3.8, 4) is 11.5 Å². The van der Waals surface area contributed by atoms with E-state index in [2.05, 4.69) is 15.8 Å². The summed E-state index contributed by atoms with van der Waals surface area (Å²) in [6.45, 7) is 1.39.